The van der Waals surface area contributed by atoms with Gasteiger partial charge < -0.3 is 5.32 Å². The fraction of sp³-hybridized carbons (Fsp3) is 0.267. The van der Waals surface area contributed by atoms with Crippen LogP contribution in [-0.4, -0.2) is 28.9 Å². The Hall–Kier alpha value is -2.47. The van der Waals surface area contributed by atoms with Crippen molar-refractivity contribution in [2.45, 2.75) is 13.1 Å². The lowest BCUT2D eigenvalue weighted by atomic mass is 10.1. The minimum atomic E-state index is -0.380. The summed E-state index contributed by atoms with van der Waals surface area (Å²) >= 11 is 0. The third-order valence-electron chi connectivity index (χ3n) is 3.15. The van der Waals surface area contributed by atoms with Gasteiger partial charge >= 0.3 is 0 Å². The van der Waals surface area contributed by atoms with Crippen LogP contribution in [0.2, 0.25) is 0 Å². The van der Waals surface area contributed by atoms with Gasteiger partial charge in [-0.25, -0.2) is 0 Å². The molecule has 0 unspecified atom stereocenters. The van der Waals surface area contributed by atoms with E-state index in [1.165, 1.54) is 0 Å². The molecule has 0 aliphatic heterocycles. The zero-order valence-electron chi connectivity index (χ0n) is 12.1. The standard InChI is InChI=1S/C15H18N4O2/c1-16-14-8-12(5-6-15(14)19(20)21)10-18(2)11-13-4-3-7-17-9-13/h3-9,16H,10-11H2,1-2H3. The number of nitrogens with one attached hydrogen (secondary N) is 1. The van der Waals surface area contributed by atoms with E-state index < -0.39 is 0 Å². The number of benzene rings is 1. The minimum Gasteiger partial charge on any atom is -0.383 e. The van der Waals surface area contributed by atoms with E-state index >= 15 is 0 Å². The molecule has 1 aromatic heterocycles. The molecule has 0 saturated heterocycles. The number of hydrogen-bond acceptors (Lipinski definition) is 5. The maximum Gasteiger partial charge on any atom is 0.292 e. The van der Waals surface area contributed by atoms with E-state index in [4.69, 9.17) is 0 Å². The normalized spacial score (nSPS) is 10.6. The summed E-state index contributed by atoms with van der Waals surface area (Å²) in [6.07, 6.45) is 3.59. The van der Waals surface area contributed by atoms with Crippen molar-refractivity contribution in [2.75, 3.05) is 19.4 Å². The molecule has 0 bridgehead atoms. The molecule has 0 saturated carbocycles. The van der Waals surface area contributed by atoms with Crippen LogP contribution in [0.5, 0.6) is 0 Å². The summed E-state index contributed by atoms with van der Waals surface area (Å²) in [6.45, 7) is 1.49. The maximum atomic E-state index is 10.9. The van der Waals surface area contributed by atoms with E-state index in [1.807, 2.05) is 31.4 Å². The molecular formula is C15H18N4O2. The molecule has 1 aromatic carbocycles. The number of aromatic nitrogens is 1. The van der Waals surface area contributed by atoms with Gasteiger partial charge in [0.15, 0.2) is 0 Å². The molecule has 0 atom stereocenters. The molecule has 0 fully saturated rings. The van der Waals surface area contributed by atoms with Crippen LogP contribution in [0.25, 0.3) is 0 Å². The van der Waals surface area contributed by atoms with Gasteiger partial charge in [-0.05, 0) is 30.3 Å². The highest BCUT2D eigenvalue weighted by molar-refractivity contribution is 5.62. The third-order valence-corrected chi connectivity index (χ3v) is 3.15. The Balaban J connectivity index is 2.07. The maximum absolute atomic E-state index is 10.9. The summed E-state index contributed by atoms with van der Waals surface area (Å²) in [7, 11) is 3.69. The van der Waals surface area contributed by atoms with Crippen LogP contribution < -0.4 is 5.32 Å². The molecule has 0 aliphatic rings. The average Bonchev–Trinajstić information content (AvgIpc) is 2.47. The molecule has 21 heavy (non-hydrogen) atoms. The highest BCUT2D eigenvalue weighted by Crippen LogP contribution is 2.25. The van der Waals surface area contributed by atoms with Crippen LogP contribution >= 0.6 is 0 Å². The second-order valence-corrected chi connectivity index (χ2v) is 4.89. The Kier molecular flexibility index (Phi) is 4.84. The van der Waals surface area contributed by atoms with Crippen LogP contribution in [0.15, 0.2) is 42.7 Å². The van der Waals surface area contributed by atoms with Gasteiger partial charge in [0.2, 0.25) is 0 Å². The molecule has 0 radical (unpaired) electrons. The molecule has 1 N–H and O–H groups in total. The Morgan fingerprint density at radius 2 is 2.05 bits per heavy atom. The third kappa shape index (κ3) is 4.00. The predicted molar refractivity (Wildman–Crippen MR) is 82.1 cm³/mol. The smallest absolute Gasteiger partial charge is 0.292 e. The van der Waals surface area contributed by atoms with Crippen LogP contribution in [0, 0.1) is 10.1 Å². The van der Waals surface area contributed by atoms with Crippen molar-refractivity contribution in [3.05, 3.63) is 64.0 Å². The fourth-order valence-electron chi connectivity index (χ4n) is 2.21. The number of anilines is 1. The van der Waals surface area contributed by atoms with E-state index in [2.05, 4.69) is 15.2 Å². The summed E-state index contributed by atoms with van der Waals surface area (Å²) in [4.78, 5) is 16.8. The second kappa shape index (κ2) is 6.81. The highest BCUT2D eigenvalue weighted by Gasteiger charge is 2.13. The van der Waals surface area contributed by atoms with Gasteiger partial charge in [0.25, 0.3) is 5.69 Å². The zero-order chi connectivity index (χ0) is 15.2. The van der Waals surface area contributed by atoms with Crippen molar-refractivity contribution >= 4 is 11.4 Å². The summed E-state index contributed by atoms with van der Waals surface area (Å²) in [5.41, 5.74) is 2.79. The van der Waals surface area contributed by atoms with Gasteiger partial charge in [0.05, 0.1) is 4.92 Å². The first-order chi connectivity index (χ1) is 10.1. The monoisotopic (exact) mass is 286 g/mol. The number of nitro groups is 1. The molecule has 1 heterocycles. The molecule has 0 aliphatic carbocycles. The molecule has 0 spiro atoms. The lowest BCUT2D eigenvalue weighted by Crippen LogP contribution is -2.17. The number of nitrogens with zero attached hydrogens (tertiary/aromatic N) is 3. The molecule has 6 heteroatoms. The lowest BCUT2D eigenvalue weighted by molar-refractivity contribution is -0.384. The molecule has 0 amide bonds. The topological polar surface area (TPSA) is 71.3 Å². The van der Waals surface area contributed by atoms with Gasteiger partial charge in [0.1, 0.15) is 5.69 Å². The van der Waals surface area contributed by atoms with E-state index in [1.54, 1.807) is 25.4 Å². The average molecular weight is 286 g/mol. The van der Waals surface area contributed by atoms with Gasteiger partial charge in [-0.3, -0.25) is 20.0 Å². The summed E-state index contributed by atoms with van der Waals surface area (Å²) < 4.78 is 0. The Morgan fingerprint density at radius 3 is 2.67 bits per heavy atom. The van der Waals surface area contributed by atoms with Gasteiger partial charge in [0, 0.05) is 38.6 Å². The van der Waals surface area contributed by atoms with Gasteiger partial charge in [-0.2, -0.15) is 0 Å². The van der Waals surface area contributed by atoms with Gasteiger partial charge in [-0.15, -0.1) is 0 Å². The molecule has 2 aromatic rings. The van der Waals surface area contributed by atoms with Crippen molar-refractivity contribution in [1.29, 1.82) is 0 Å². The van der Waals surface area contributed by atoms with Gasteiger partial charge in [-0.1, -0.05) is 12.1 Å². The predicted octanol–water partition coefficient (Wildman–Crippen LogP) is 2.66. The summed E-state index contributed by atoms with van der Waals surface area (Å²) in [5.74, 6) is 0. The highest BCUT2D eigenvalue weighted by atomic mass is 16.6. The molecule has 110 valence electrons. The van der Waals surface area contributed by atoms with Crippen molar-refractivity contribution in [3.8, 4) is 0 Å². The lowest BCUT2D eigenvalue weighted by Gasteiger charge is -2.17. The molecule has 6 nitrogen and oxygen atoms in total. The quantitative estimate of drug-likeness (QED) is 0.653. The fourth-order valence-corrected chi connectivity index (χ4v) is 2.21. The van der Waals surface area contributed by atoms with E-state index in [0.29, 0.717) is 12.2 Å². The summed E-state index contributed by atoms with van der Waals surface area (Å²) in [5, 5.41) is 13.8. The first-order valence-corrected chi connectivity index (χ1v) is 6.62. The number of rotatable bonds is 6. The van der Waals surface area contributed by atoms with Crippen LogP contribution in [0.1, 0.15) is 11.1 Å². The molecular weight excluding hydrogens is 268 g/mol. The Bertz CT molecular complexity index is 616. The van der Waals surface area contributed by atoms with Crippen molar-refractivity contribution in [3.63, 3.8) is 0 Å². The van der Waals surface area contributed by atoms with Crippen molar-refractivity contribution < 1.29 is 4.92 Å². The first-order valence-electron chi connectivity index (χ1n) is 6.62. The van der Waals surface area contributed by atoms with Crippen molar-refractivity contribution in [2.24, 2.45) is 0 Å². The van der Waals surface area contributed by atoms with E-state index in [0.717, 1.165) is 17.7 Å². The van der Waals surface area contributed by atoms with E-state index in [-0.39, 0.29) is 10.6 Å². The second-order valence-electron chi connectivity index (χ2n) is 4.89. The number of hydrogen-bond donors (Lipinski definition) is 1. The largest absolute Gasteiger partial charge is 0.383 e. The van der Waals surface area contributed by atoms with E-state index in [9.17, 15) is 10.1 Å². The first kappa shape index (κ1) is 14.9. The van der Waals surface area contributed by atoms with Crippen LogP contribution in [0.4, 0.5) is 11.4 Å². The van der Waals surface area contributed by atoms with Crippen LogP contribution in [0.3, 0.4) is 0 Å². The summed E-state index contributed by atoms with van der Waals surface area (Å²) in [6, 6.07) is 9.09. The SMILES string of the molecule is CNc1cc(CN(C)Cc2cccnc2)ccc1[N+](=O)[O-]. The van der Waals surface area contributed by atoms with Crippen molar-refractivity contribution in [1.82, 2.24) is 9.88 Å². The zero-order valence-corrected chi connectivity index (χ0v) is 12.1. The Labute approximate surface area is 123 Å². The molecule has 2 rings (SSSR count). The van der Waals surface area contributed by atoms with Crippen LogP contribution in [-0.2, 0) is 13.1 Å². The number of nitro benzene ring substituents is 1. The minimum absolute atomic E-state index is 0.0937. The Morgan fingerprint density at radius 1 is 1.29 bits per heavy atom. The number of pyridine rings is 1.